The van der Waals surface area contributed by atoms with Gasteiger partial charge in [0, 0.05) is 17.6 Å². The number of hydrogen-bond donors (Lipinski definition) is 2. The Morgan fingerprint density at radius 1 is 1.35 bits per heavy atom. The van der Waals surface area contributed by atoms with Gasteiger partial charge in [-0.15, -0.1) is 0 Å². The number of benzene rings is 1. The Bertz CT molecular complexity index is 685. The summed E-state index contributed by atoms with van der Waals surface area (Å²) in [6.07, 6.45) is 2.67. The average molecular weight is 354 g/mol. The van der Waals surface area contributed by atoms with Crippen LogP contribution in [0.25, 0.3) is 0 Å². The van der Waals surface area contributed by atoms with E-state index in [9.17, 15) is 4.79 Å². The van der Waals surface area contributed by atoms with Gasteiger partial charge in [0.05, 0.1) is 23.0 Å². The molecule has 2 rings (SSSR count). The smallest absolute Gasteiger partial charge is 0.240 e. The van der Waals surface area contributed by atoms with Gasteiger partial charge < -0.3 is 9.72 Å². The molecule has 0 saturated carbocycles. The molecule has 23 heavy (non-hydrogen) atoms. The van der Waals surface area contributed by atoms with E-state index in [2.05, 4.69) is 15.5 Å². The number of carbonyl (C=O) groups excluding carboxylic acids is 1. The Morgan fingerprint density at radius 3 is 2.87 bits per heavy atom. The van der Waals surface area contributed by atoms with Gasteiger partial charge in [-0.2, -0.15) is 5.10 Å². The minimum absolute atomic E-state index is 0.165. The van der Waals surface area contributed by atoms with Gasteiger partial charge in [-0.05, 0) is 43.7 Å². The topological polar surface area (TPSA) is 66.5 Å². The minimum Gasteiger partial charge on any atom is -0.492 e. The van der Waals surface area contributed by atoms with Crippen molar-refractivity contribution in [3.05, 3.63) is 52.3 Å². The molecule has 1 amide bonds. The highest BCUT2D eigenvalue weighted by Gasteiger charge is 2.04. The number of aromatic amines is 1. The molecule has 2 aromatic rings. The van der Waals surface area contributed by atoms with E-state index in [1.165, 1.54) is 0 Å². The van der Waals surface area contributed by atoms with Crippen LogP contribution in [0.5, 0.6) is 5.75 Å². The molecule has 2 N–H and O–H groups in total. The van der Waals surface area contributed by atoms with Crippen LogP contribution in [0.2, 0.25) is 10.0 Å². The highest BCUT2D eigenvalue weighted by molar-refractivity contribution is 6.35. The summed E-state index contributed by atoms with van der Waals surface area (Å²) in [5.74, 6) is 0.388. The van der Waals surface area contributed by atoms with Crippen molar-refractivity contribution < 1.29 is 9.53 Å². The number of nitrogens with one attached hydrogen (secondary N) is 2. The maximum absolute atomic E-state index is 11.7. The quantitative estimate of drug-likeness (QED) is 0.448. The van der Waals surface area contributed by atoms with Crippen LogP contribution < -0.4 is 10.2 Å². The molecule has 0 fully saturated rings. The Balaban J connectivity index is 1.70. The van der Waals surface area contributed by atoms with Crippen molar-refractivity contribution in [3.63, 3.8) is 0 Å². The molecule has 1 aromatic carbocycles. The maximum Gasteiger partial charge on any atom is 0.240 e. The summed E-state index contributed by atoms with van der Waals surface area (Å²) in [6, 6.07) is 8.77. The Kier molecular flexibility index (Phi) is 6.50. The third kappa shape index (κ3) is 5.62. The summed E-state index contributed by atoms with van der Waals surface area (Å²) < 4.78 is 5.52. The van der Waals surface area contributed by atoms with Crippen molar-refractivity contribution in [2.75, 3.05) is 6.61 Å². The predicted octanol–water partition coefficient (Wildman–Crippen LogP) is 4.02. The summed E-state index contributed by atoms with van der Waals surface area (Å²) >= 11 is 11.8. The van der Waals surface area contributed by atoms with E-state index in [0.717, 1.165) is 5.69 Å². The molecule has 5 nitrogen and oxygen atoms in total. The van der Waals surface area contributed by atoms with Crippen molar-refractivity contribution in [2.45, 2.75) is 19.8 Å². The largest absolute Gasteiger partial charge is 0.492 e. The molecule has 0 bridgehead atoms. The van der Waals surface area contributed by atoms with Crippen molar-refractivity contribution in [1.29, 1.82) is 0 Å². The van der Waals surface area contributed by atoms with E-state index in [1.54, 1.807) is 24.4 Å². The molecule has 0 unspecified atom stereocenters. The highest BCUT2D eigenvalue weighted by atomic mass is 35.5. The van der Waals surface area contributed by atoms with Crippen LogP contribution >= 0.6 is 23.2 Å². The minimum atomic E-state index is -0.165. The second kappa shape index (κ2) is 8.60. The summed E-state index contributed by atoms with van der Waals surface area (Å²) in [6.45, 7) is 2.20. The molecule has 122 valence electrons. The van der Waals surface area contributed by atoms with Gasteiger partial charge in [-0.25, -0.2) is 5.43 Å². The first-order chi connectivity index (χ1) is 11.1. The van der Waals surface area contributed by atoms with E-state index in [4.69, 9.17) is 27.9 Å². The number of rotatable bonds is 7. The number of H-pyrrole nitrogens is 1. The standard InChI is InChI=1S/C16H17Cl2N3O2/c1-11(14-4-2-8-19-14)20-21-16(22)5-3-9-23-15-7-6-12(17)10-13(15)18/h2,4,6-8,10,19H,3,5,9H2,1H3,(H,21,22)/b20-11+. The summed E-state index contributed by atoms with van der Waals surface area (Å²) in [5, 5.41) is 5.04. The molecule has 0 saturated heterocycles. The van der Waals surface area contributed by atoms with Gasteiger partial charge in [0.25, 0.3) is 0 Å². The molecule has 7 heteroatoms. The van der Waals surface area contributed by atoms with Crippen molar-refractivity contribution >= 4 is 34.8 Å². The fraction of sp³-hybridized carbons (Fsp3) is 0.250. The number of hydrogen-bond acceptors (Lipinski definition) is 3. The van der Waals surface area contributed by atoms with E-state index >= 15 is 0 Å². The van der Waals surface area contributed by atoms with Gasteiger partial charge in [0.1, 0.15) is 5.75 Å². The maximum atomic E-state index is 11.7. The lowest BCUT2D eigenvalue weighted by Gasteiger charge is -2.07. The Labute approximate surface area is 144 Å². The van der Waals surface area contributed by atoms with E-state index in [1.807, 2.05) is 19.1 Å². The van der Waals surface area contributed by atoms with Gasteiger partial charge in [0.2, 0.25) is 5.91 Å². The third-order valence-corrected chi connectivity index (χ3v) is 3.57. The van der Waals surface area contributed by atoms with Crippen LogP contribution in [0.4, 0.5) is 0 Å². The second-order valence-corrected chi connectivity index (χ2v) is 5.69. The molecule has 1 heterocycles. The molecule has 0 radical (unpaired) electrons. The van der Waals surface area contributed by atoms with Crippen molar-refractivity contribution in [2.24, 2.45) is 5.10 Å². The van der Waals surface area contributed by atoms with Crippen molar-refractivity contribution in [1.82, 2.24) is 10.4 Å². The predicted molar refractivity (Wildman–Crippen MR) is 92.3 cm³/mol. The number of hydrazone groups is 1. The van der Waals surface area contributed by atoms with Gasteiger partial charge in [-0.1, -0.05) is 23.2 Å². The van der Waals surface area contributed by atoms with Crippen molar-refractivity contribution in [3.8, 4) is 5.75 Å². The number of halogens is 2. The van der Waals surface area contributed by atoms with E-state index < -0.39 is 0 Å². The fourth-order valence-corrected chi connectivity index (χ4v) is 2.29. The number of amides is 1. The summed E-state index contributed by atoms with van der Waals surface area (Å²) in [7, 11) is 0. The Morgan fingerprint density at radius 2 is 2.17 bits per heavy atom. The monoisotopic (exact) mass is 353 g/mol. The first-order valence-corrected chi connectivity index (χ1v) is 7.86. The summed E-state index contributed by atoms with van der Waals surface area (Å²) in [4.78, 5) is 14.7. The zero-order valence-electron chi connectivity index (χ0n) is 12.6. The van der Waals surface area contributed by atoms with Crippen LogP contribution in [0.3, 0.4) is 0 Å². The molecule has 0 spiro atoms. The van der Waals surface area contributed by atoms with E-state index in [0.29, 0.717) is 41.0 Å². The fourth-order valence-electron chi connectivity index (χ4n) is 1.82. The highest BCUT2D eigenvalue weighted by Crippen LogP contribution is 2.27. The zero-order chi connectivity index (χ0) is 16.7. The van der Waals surface area contributed by atoms with Crippen LogP contribution in [0.15, 0.2) is 41.6 Å². The average Bonchev–Trinajstić information content (AvgIpc) is 3.05. The second-order valence-electron chi connectivity index (χ2n) is 4.84. The van der Waals surface area contributed by atoms with Crippen LogP contribution in [-0.4, -0.2) is 23.2 Å². The number of aromatic nitrogens is 1. The number of nitrogens with zero attached hydrogens (tertiary/aromatic N) is 1. The first kappa shape index (κ1) is 17.4. The zero-order valence-corrected chi connectivity index (χ0v) is 14.1. The van der Waals surface area contributed by atoms with Gasteiger partial charge in [0.15, 0.2) is 0 Å². The lowest BCUT2D eigenvalue weighted by atomic mass is 10.3. The number of ether oxygens (including phenoxy) is 1. The molecule has 1 aromatic heterocycles. The van der Waals surface area contributed by atoms with Crippen LogP contribution in [0.1, 0.15) is 25.5 Å². The molecular weight excluding hydrogens is 337 g/mol. The summed E-state index contributed by atoms with van der Waals surface area (Å²) in [5.41, 5.74) is 4.10. The molecule has 0 aliphatic rings. The van der Waals surface area contributed by atoms with Gasteiger partial charge >= 0.3 is 0 Å². The van der Waals surface area contributed by atoms with Crippen LogP contribution in [-0.2, 0) is 4.79 Å². The van der Waals surface area contributed by atoms with Gasteiger partial charge in [-0.3, -0.25) is 4.79 Å². The molecule has 0 atom stereocenters. The lowest BCUT2D eigenvalue weighted by molar-refractivity contribution is -0.121. The first-order valence-electron chi connectivity index (χ1n) is 7.11. The third-order valence-electron chi connectivity index (χ3n) is 3.04. The SMILES string of the molecule is C/C(=N\NC(=O)CCCOc1ccc(Cl)cc1Cl)c1ccc[nH]1. The normalized spacial score (nSPS) is 11.3. The molecular formula is C16H17Cl2N3O2. The molecule has 0 aliphatic carbocycles. The number of carbonyl (C=O) groups is 1. The lowest BCUT2D eigenvalue weighted by Crippen LogP contribution is -2.19. The Hall–Kier alpha value is -1.98. The van der Waals surface area contributed by atoms with E-state index in [-0.39, 0.29) is 5.91 Å². The van der Waals surface area contributed by atoms with Crippen LogP contribution in [0, 0.1) is 0 Å². The molecule has 0 aliphatic heterocycles.